The van der Waals surface area contributed by atoms with Crippen LogP contribution in [0.15, 0.2) is 48.5 Å². The van der Waals surface area contributed by atoms with Crippen molar-refractivity contribution < 1.29 is 9.59 Å². The third-order valence-corrected chi connectivity index (χ3v) is 3.95. The molecule has 2 aromatic rings. The fourth-order valence-corrected chi connectivity index (χ4v) is 2.54. The molecule has 3 heteroatoms. The Morgan fingerprint density at radius 2 is 1.70 bits per heavy atom. The maximum Gasteiger partial charge on any atom is 0.220 e. The molecule has 2 rings (SSSR count). The van der Waals surface area contributed by atoms with E-state index in [9.17, 15) is 9.59 Å². The second-order valence-corrected chi connectivity index (χ2v) is 5.94. The van der Waals surface area contributed by atoms with Gasteiger partial charge in [-0.25, -0.2) is 0 Å². The zero-order chi connectivity index (χ0) is 16.8. The van der Waals surface area contributed by atoms with Gasteiger partial charge in [0.15, 0.2) is 5.78 Å². The molecule has 0 aliphatic rings. The maximum absolute atomic E-state index is 12.3. The van der Waals surface area contributed by atoms with Gasteiger partial charge < -0.3 is 5.32 Å². The number of carbonyl (C=O) groups is 2. The van der Waals surface area contributed by atoms with Crippen molar-refractivity contribution in [1.82, 2.24) is 5.32 Å². The van der Waals surface area contributed by atoms with E-state index in [-0.39, 0.29) is 30.6 Å². The van der Waals surface area contributed by atoms with Crippen molar-refractivity contribution in [2.24, 2.45) is 0 Å². The van der Waals surface area contributed by atoms with E-state index in [1.54, 1.807) is 0 Å². The van der Waals surface area contributed by atoms with Crippen LogP contribution in [0.2, 0.25) is 0 Å². The first kappa shape index (κ1) is 16.9. The number of benzene rings is 2. The number of rotatable bonds is 6. The highest BCUT2D eigenvalue weighted by Gasteiger charge is 2.13. The molecule has 0 saturated heterocycles. The molecule has 1 N–H and O–H groups in total. The lowest BCUT2D eigenvalue weighted by molar-refractivity contribution is -0.121. The molecule has 1 amide bonds. The Hall–Kier alpha value is -2.42. The maximum atomic E-state index is 12.3. The van der Waals surface area contributed by atoms with Gasteiger partial charge in [-0.05, 0) is 38.0 Å². The van der Waals surface area contributed by atoms with Crippen LogP contribution in [0.5, 0.6) is 0 Å². The van der Waals surface area contributed by atoms with Crippen molar-refractivity contribution in [2.45, 2.75) is 39.7 Å². The third-order valence-electron chi connectivity index (χ3n) is 3.95. The Morgan fingerprint density at radius 3 is 2.39 bits per heavy atom. The molecule has 0 aromatic heterocycles. The largest absolute Gasteiger partial charge is 0.350 e. The molecule has 1 unspecified atom stereocenters. The minimum Gasteiger partial charge on any atom is -0.350 e. The molecule has 0 heterocycles. The van der Waals surface area contributed by atoms with Crippen LogP contribution in [0.25, 0.3) is 0 Å². The third kappa shape index (κ3) is 4.78. The summed E-state index contributed by atoms with van der Waals surface area (Å²) in [6.45, 7) is 5.83. The van der Waals surface area contributed by atoms with Crippen molar-refractivity contribution >= 4 is 11.7 Å². The Labute approximate surface area is 137 Å². The smallest absolute Gasteiger partial charge is 0.220 e. The van der Waals surface area contributed by atoms with Crippen LogP contribution in [0.1, 0.15) is 52.9 Å². The van der Waals surface area contributed by atoms with E-state index in [4.69, 9.17) is 0 Å². The number of aryl methyl sites for hydroxylation is 2. The summed E-state index contributed by atoms with van der Waals surface area (Å²) in [4.78, 5) is 24.3. The number of ketones is 1. The number of carbonyl (C=O) groups excluding carboxylic acids is 2. The van der Waals surface area contributed by atoms with Crippen LogP contribution in [-0.4, -0.2) is 11.7 Å². The van der Waals surface area contributed by atoms with E-state index >= 15 is 0 Å². The van der Waals surface area contributed by atoms with E-state index in [0.717, 1.165) is 16.7 Å². The molecule has 120 valence electrons. The summed E-state index contributed by atoms with van der Waals surface area (Å²) in [5.41, 5.74) is 3.79. The molecular weight excluding hydrogens is 286 g/mol. The zero-order valence-corrected chi connectivity index (χ0v) is 13.9. The molecule has 1 atom stereocenters. The van der Waals surface area contributed by atoms with Crippen molar-refractivity contribution in [3.8, 4) is 0 Å². The van der Waals surface area contributed by atoms with Crippen molar-refractivity contribution in [3.63, 3.8) is 0 Å². The minimum atomic E-state index is -0.0972. The quantitative estimate of drug-likeness (QED) is 0.815. The Kier molecular flexibility index (Phi) is 5.69. The lowest BCUT2D eigenvalue weighted by Crippen LogP contribution is -2.27. The highest BCUT2D eigenvalue weighted by molar-refractivity contribution is 5.99. The lowest BCUT2D eigenvalue weighted by atomic mass is 9.99. The summed E-state index contributed by atoms with van der Waals surface area (Å²) in [6.07, 6.45) is 0.445. The molecule has 0 aliphatic heterocycles. The summed E-state index contributed by atoms with van der Waals surface area (Å²) >= 11 is 0. The van der Waals surface area contributed by atoms with Gasteiger partial charge in [-0.3, -0.25) is 9.59 Å². The first-order valence-electron chi connectivity index (χ1n) is 7.92. The standard InChI is InChI=1S/C20H23NO2/c1-14-9-10-15(2)18(13-14)19(22)11-12-20(23)21-16(3)17-7-5-4-6-8-17/h4-10,13,16H,11-12H2,1-3H3,(H,21,23). The Balaban J connectivity index is 1.89. The summed E-state index contributed by atoms with van der Waals surface area (Å²) in [5, 5.41) is 2.94. The van der Waals surface area contributed by atoms with E-state index in [1.165, 1.54) is 0 Å². The fraction of sp³-hybridized carbons (Fsp3) is 0.300. The van der Waals surface area contributed by atoms with Crippen molar-refractivity contribution in [2.75, 3.05) is 0 Å². The number of hydrogen-bond acceptors (Lipinski definition) is 2. The topological polar surface area (TPSA) is 46.2 Å². The molecule has 0 fully saturated rings. The van der Waals surface area contributed by atoms with Crippen molar-refractivity contribution in [1.29, 1.82) is 0 Å². The number of nitrogens with one attached hydrogen (secondary N) is 1. The highest BCUT2D eigenvalue weighted by Crippen LogP contribution is 2.15. The molecule has 0 aliphatic carbocycles. The lowest BCUT2D eigenvalue weighted by Gasteiger charge is -2.14. The number of amides is 1. The molecule has 2 aromatic carbocycles. The van der Waals surface area contributed by atoms with Gasteiger partial charge in [0.1, 0.15) is 0 Å². The number of hydrogen-bond donors (Lipinski definition) is 1. The molecule has 0 saturated carbocycles. The van der Waals surface area contributed by atoms with Crippen LogP contribution in [0.3, 0.4) is 0 Å². The minimum absolute atomic E-state index is 0.0220. The van der Waals surface area contributed by atoms with E-state index in [0.29, 0.717) is 5.56 Å². The van der Waals surface area contributed by atoms with Gasteiger partial charge in [-0.2, -0.15) is 0 Å². The van der Waals surface area contributed by atoms with Gasteiger partial charge in [-0.15, -0.1) is 0 Å². The Bertz CT molecular complexity index is 692. The predicted molar refractivity (Wildman–Crippen MR) is 92.5 cm³/mol. The van der Waals surface area contributed by atoms with Crippen LogP contribution in [0.4, 0.5) is 0 Å². The molecular formula is C20H23NO2. The predicted octanol–water partition coefficient (Wildman–Crippen LogP) is 4.14. The summed E-state index contributed by atoms with van der Waals surface area (Å²) in [5.74, 6) is -0.0753. The SMILES string of the molecule is Cc1ccc(C)c(C(=O)CCC(=O)NC(C)c2ccccc2)c1. The summed E-state index contributed by atoms with van der Waals surface area (Å²) < 4.78 is 0. The average molecular weight is 309 g/mol. The van der Waals surface area contributed by atoms with Crippen LogP contribution < -0.4 is 5.32 Å². The average Bonchev–Trinajstić information content (AvgIpc) is 2.55. The first-order chi connectivity index (χ1) is 11.0. The second kappa shape index (κ2) is 7.73. The van der Waals surface area contributed by atoms with E-state index < -0.39 is 0 Å². The Morgan fingerprint density at radius 1 is 1.00 bits per heavy atom. The van der Waals surface area contributed by atoms with E-state index in [1.807, 2.05) is 69.3 Å². The van der Waals surface area contributed by atoms with Gasteiger partial charge >= 0.3 is 0 Å². The van der Waals surface area contributed by atoms with Gasteiger partial charge in [0, 0.05) is 18.4 Å². The highest BCUT2D eigenvalue weighted by atomic mass is 16.2. The van der Waals surface area contributed by atoms with Crippen LogP contribution >= 0.6 is 0 Å². The monoisotopic (exact) mass is 309 g/mol. The normalized spacial score (nSPS) is 11.8. The van der Waals surface area contributed by atoms with Gasteiger partial charge in [0.05, 0.1) is 6.04 Å². The van der Waals surface area contributed by atoms with Gasteiger partial charge in [-0.1, -0.05) is 48.0 Å². The number of Topliss-reactive ketones (excluding diaryl/α,β-unsaturated/α-hetero) is 1. The molecule has 0 spiro atoms. The zero-order valence-electron chi connectivity index (χ0n) is 13.9. The van der Waals surface area contributed by atoms with Crippen LogP contribution in [-0.2, 0) is 4.79 Å². The summed E-state index contributed by atoms with van der Waals surface area (Å²) in [6, 6.07) is 15.6. The summed E-state index contributed by atoms with van der Waals surface area (Å²) in [7, 11) is 0. The van der Waals surface area contributed by atoms with E-state index in [2.05, 4.69) is 5.32 Å². The first-order valence-corrected chi connectivity index (χ1v) is 7.92. The molecule has 23 heavy (non-hydrogen) atoms. The second-order valence-electron chi connectivity index (χ2n) is 5.94. The fourth-order valence-electron chi connectivity index (χ4n) is 2.54. The van der Waals surface area contributed by atoms with Gasteiger partial charge in [0.25, 0.3) is 0 Å². The molecule has 0 radical (unpaired) electrons. The van der Waals surface area contributed by atoms with Crippen LogP contribution in [0, 0.1) is 13.8 Å². The van der Waals surface area contributed by atoms with Crippen molar-refractivity contribution in [3.05, 3.63) is 70.8 Å². The molecule has 0 bridgehead atoms. The van der Waals surface area contributed by atoms with Gasteiger partial charge in [0.2, 0.25) is 5.91 Å². The molecule has 3 nitrogen and oxygen atoms in total.